The molecule has 0 saturated carbocycles. The molecule has 0 aliphatic carbocycles. The van der Waals surface area contributed by atoms with Crippen molar-refractivity contribution in [2.24, 2.45) is 7.05 Å². The number of anilines is 1. The highest BCUT2D eigenvalue weighted by molar-refractivity contribution is 5.92. The number of carbonyl (C=O) groups excluding carboxylic acids is 1. The van der Waals surface area contributed by atoms with Crippen molar-refractivity contribution in [2.75, 3.05) is 12.8 Å². The van der Waals surface area contributed by atoms with Crippen molar-refractivity contribution >= 4 is 11.6 Å². The minimum atomic E-state index is -0.0310. The maximum absolute atomic E-state index is 12.4. The summed E-state index contributed by atoms with van der Waals surface area (Å²) in [4.78, 5) is 14.1. The lowest BCUT2D eigenvalue weighted by Gasteiger charge is -2.17. The maximum atomic E-state index is 12.4. The predicted octanol–water partition coefficient (Wildman–Crippen LogP) is 1.84. The van der Waals surface area contributed by atoms with Gasteiger partial charge in [-0.3, -0.25) is 9.48 Å². The molecule has 1 amide bonds. The van der Waals surface area contributed by atoms with Crippen LogP contribution >= 0.6 is 0 Å². The molecule has 0 aliphatic heterocycles. The van der Waals surface area contributed by atoms with Crippen LogP contribution in [-0.2, 0) is 20.0 Å². The number of amides is 1. The summed E-state index contributed by atoms with van der Waals surface area (Å²) in [6, 6.07) is 9.39. The molecule has 5 heteroatoms. The summed E-state index contributed by atoms with van der Waals surface area (Å²) in [6.45, 7) is 2.57. The first-order valence-corrected chi connectivity index (χ1v) is 6.64. The minimum absolute atomic E-state index is 0.0310. The zero-order valence-corrected chi connectivity index (χ0v) is 12.1. The van der Waals surface area contributed by atoms with Crippen molar-refractivity contribution < 1.29 is 4.79 Å². The molecule has 2 N–H and O–H groups in total. The maximum Gasteiger partial charge on any atom is 0.272 e. The second kappa shape index (κ2) is 5.77. The van der Waals surface area contributed by atoms with E-state index in [1.54, 1.807) is 23.7 Å². The van der Waals surface area contributed by atoms with E-state index >= 15 is 0 Å². The quantitative estimate of drug-likeness (QED) is 0.864. The fourth-order valence-corrected chi connectivity index (χ4v) is 2.06. The van der Waals surface area contributed by atoms with E-state index in [9.17, 15) is 4.79 Å². The van der Waals surface area contributed by atoms with Gasteiger partial charge in [-0.05, 0) is 30.2 Å². The van der Waals surface area contributed by atoms with Crippen molar-refractivity contribution in [3.05, 3.63) is 47.3 Å². The first-order chi connectivity index (χ1) is 9.51. The molecule has 0 unspecified atom stereocenters. The summed E-state index contributed by atoms with van der Waals surface area (Å²) >= 11 is 0. The van der Waals surface area contributed by atoms with Crippen molar-refractivity contribution in [2.45, 2.75) is 19.9 Å². The fraction of sp³-hybridized carbons (Fsp3) is 0.333. The molecule has 1 heterocycles. The number of hydrogen-bond donors (Lipinski definition) is 1. The van der Waals surface area contributed by atoms with E-state index in [2.05, 4.69) is 5.10 Å². The molecule has 5 nitrogen and oxygen atoms in total. The van der Waals surface area contributed by atoms with Gasteiger partial charge in [0.05, 0.1) is 5.69 Å². The van der Waals surface area contributed by atoms with Crippen LogP contribution in [0.3, 0.4) is 0 Å². The third-order valence-electron chi connectivity index (χ3n) is 3.26. The summed E-state index contributed by atoms with van der Waals surface area (Å²) in [5, 5.41) is 4.30. The molecular formula is C15H20N4O. The minimum Gasteiger partial charge on any atom is -0.399 e. The van der Waals surface area contributed by atoms with Crippen molar-refractivity contribution in [1.82, 2.24) is 14.7 Å². The Hall–Kier alpha value is -2.30. The molecule has 0 aliphatic rings. The molecule has 0 bridgehead atoms. The third kappa shape index (κ3) is 2.99. The van der Waals surface area contributed by atoms with Gasteiger partial charge in [0.2, 0.25) is 0 Å². The van der Waals surface area contributed by atoms with Crippen molar-refractivity contribution in [3.8, 4) is 0 Å². The smallest absolute Gasteiger partial charge is 0.272 e. The number of nitrogen functional groups attached to an aromatic ring is 1. The second-order valence-corrected chi connectivity index (χ2v) is 4.90. The number of benzene rings is 1. The number of hydrogen-bond acceptors (Lipinski definition) is 3. The molecule has 1 aromatic carbocycles. The molecule has 20 heavy (non-hydrogen) atoms. The fourth-order valence-electron chi connectivity index (χ4n) is 2.06. The largest absolute Gasteiger partial charge is 0.399 e. The SMILES string of the molecule is CCc1cc(C(=O)N(C)Cc2ccc(N)cc2)n(C)n1. The van der Waals surface area contributed by atoms with Crippen LogP contribution in [0.15, 0.2) is 30.3 Å². The molecule has 0 radical (unpaired) electrons. The first kappa shape index (κ1) is 14.1. The number of aryl methyl sites for hydroxylation is 2. The molecule has 0 atom stereocenters. The number of rotatable bonds is 4. The van der Waals surface area contributed by atoms with E-state index < -0.39 is 0 Å². The average molecular weight is 272 g/mol. The lowest BCUT2D eigenvalue weighted by atomic mass is 10.2. The Kier molecular flexibility index (Phi) is 4.08. The number of nitrogens with two attached hydrogens (primary N) is 1. The molecule has 1 aromatic heterocycles. The van der Waals surface area contributed by atoms with E-state index in [1.165, 1.54) is 0 Å². The Morgan fingerprint density at radius 1 is 1.35 bits per heavy atom. The van der Waals surface area contributed by atoms with Gasteiger partial charge in [-0.15, -0.1) is 0 Å². The highest BCUT2D eigenvalue weighted by Crippen LogP contribution is 2.11. The van der Waals surface area contributed by atoms with Crippen LogP contribution in [0.2, 0.25) is 0 Å². The Balaban J connectivity index is 2.11. The van der Waals surface area contributed by atoms with E-state index in [-0.39, 0.29) is 5.91 Å². The van der Waals surface area contributed by atoms with E-state index in [4.69, 9.17) is 5.73 Å². The third-order valence-corrected chi connectivity index (χ3v) is 3.26. The summed E-state index contributed by atoms with van der Waals surface area (Å²) in [6.07, 6.45) is 0.822. The van der Waals surface area contributed by atoms with Gasteiger partial charge in [-0.1, -0.05) is 19.1 Å². The van der Waals surface area contributed by atoms with Crippen molar-refractivity contribution in [1.29, 1.82) is 0 Å². The van der Waals surface area contributed by atoms with Gasteiger partial charge in [0.1, 0.15) is 5.69 Å². The van der Waals surface area contributed by atoms with Crippen molar-refractivity contribution in [3.63, 3.8) is 0 Å². The Morgan fingerprint density at radius 3 is 2.55 bits per heavy atom. The van der Waals surface area contributed by atoms with Gasteiger partial charge >= 0.3 is 0 Å². The van der Waals surface area contributed by atoms with E-state index in [0.717, 1.165) is 23.4 Å². The van der Waals surface area contributed by atoms with Gasteiger partial charge in [0.25, 0.3) is 5.91 Å². The number of aromatic nitrogens is 2. The lowest BCUT2D eigenvalue weighted by Crippen LogP contribution is -2.28. The zero-order chi connectivity index (χ0) is 14.7. The first-order valence-electron chi connectivity index (χ1n) is 6.64. The molecule has 0 saturated heterocycles. The highest BCUT2D eigenvalue weighted by atomic mass is 16.2. The Bertz CT molecular complexity index is 601. The summed E-state index contributed by atoms with van der Waals surface area (Å²) in [7, 11) is 3.58. The molecule has 2 rings (SSSR count). The summed E-state index contributed by atoms with van der Waals surface area (Å²) in [5.74, 6) is -0.0310. The zero-order valence-electron chi connectivity index (χ0n) is 12.1. The van der Waals surface area contributed by atoms with Crippen LogP contribution in [0.25, 0.3) is 0 Å². The topological polar surface area (TPSA) is 64.2 Å². The highest BCUT2D eigenvalue weighted by Gasteiger charge is 2.17. The van der Waals surface area contributed by atoms with Crippen LogP contribution < -0.4 is 5.73 Å². The average Bonchev–Trinajstić information content (AvgIpc) is 2.81. The van der Waals surface area contributed by atoms with Crippen LogP contribution in [0, 0.1) is 0 Å². The summed E-state index contributed by atoms with van der Waals surface area (Å²) in [5.41, 5.74) is 8.97. The van der Waals surface area contributed by atoms with Crippen LogP contribution in [0.4, 0.5) is 5.69 Å². The number of carbonyl (C=O) groups is 1. The van der Waals surface area contributed by atoms with E-state index in [1.807, 2.05) is 37.3 Å². The van der Waals surface area contributed by atoms with Gasteiger partial charge in [0.15, 0.2) is 0 Å². The molecule has 0 fully saturated rings. The molecule has 0 spiro atoms. The van der Waals surface area contributed by atoms with Crippen LogP contribution in [0.1, 0.15) is 28.7 Å². The predicted molar refractivity (Wildman–Crippen MR) is 79.2 cm³/mol. The second-order valence-electron chi connectivity index (χ2n) is 4.90. The number of nitrogens with zero attached hydrogens (tertiary/aromatic N) is 3. The van der Waals surface area contributed by atoms with Gasteiger partial charge in [-0.25, -0.2) is 0 Å². The molecule has 106 valence electrons. The lowest BCUT2D eigenvalue weighted by molar-refractivity contribution is 0.0774. The summed E-state index contributed by atoms with van der Waals surface area (Å²) < 4.78 is 1.64. The van der Waals surface area contributed by atoms with Gasteiger partial charge in [-0.2, -0.15) is 5.10 Å². The van der Waals surface area contributed by atoms with Crippen LogP contribution in [-0.4, -0.2) is 27.6 Å². The Labute approximate surface area is 119 Å². The van der Waals surface area contributed by atoms with E-state index in [0.29, 0.717) is 12.2 Å². The monoisotopic (exact) mass is 272 g/mol. The van der Waals surface area contributed by atoms with Gasteiger partial charge < -0.3 is 10.6 Å². The van der Waals surface area contributed by atoms with Crippen LogP contribution in [0.5, 0.6) is 0 Å². The molecule has 2 aromatic rings. The molecular weight excluding hydrogens is 252 g/mol. The van der Waals surface area contributed by atoms with Gasteiger partial charge in [0, 0.05) is 26.3 Å². The Morgan fingerprint density at radius 2 is 2.00 bits per heavy atom. The standard InChI is InChI=1S/C15H20N4O/c1-4-13-9-14(19(3)17-13)15(20)18(2)10-11-5-7-12(16)8-6-11/h5-9H,4,10,16H2,1-3H3. The normalized spacial score (nSPS) is 10.6.